The molecule has 6 rings (SSSR count). The van der Waals surface area contributed by atoms with Crippen LogP contribution in [0.1, 0.15) is 67.5 Å². The molecule has 2 N–H and O–H groups in total. The van der Waals surface area contributed by atoms with Gasteiger partial charge in [0.15, 0.2) is 0 Å². The Kier molecular flexibility index (Phi) is 9.16. The van der Waals surface area contributed by atoms with Gasteiger partial charge in [-0.1, -0.05) is 111 Å². The fourth-order valence-electron chi connectivity index (χ4n) is 8.05. The normalized spacial score (nSPS) is 23.4. The van der Waals surface area contributed by atoms with Gasteiger partial charge in [0.2, 0.25) is 11.8 Å². The summed E-state index contributed by atoms with van der Waals surface area (Å²) in [4.78, 5) is 33.8. The zero-order valence-corrected chi connectivity index (χ0v) is 29.1. The van der Waals surface area contributed by atoms with E-state index in [9.17, 15) is 9.90 Å². The van der Waals surface area contributed by atoms with Crippen molar-refractivity contribution in [2.24, 2.45) is 5.41 Å². The van der Waals surface area contributed by atoms with Crippen LogP contribution in [0, 0.1) is 5.41 Å². The molecule has 0 aliphatic carbocycles. The summed E-state index contributed by atoms with van der Waals surface area (Å²) >= 11 is 6.52. The van der Waals surface area contributed by atoms with E-state index in [4.69, 9.17) is 16.3 Å². The second kappa shape index (κ2) is 13.0. The number of rotatable bonds is 8. The number of hydrogen-bond donors (Lipinski definition) is 2. The number of anilines is 1. The molecule has 48 heavy (non-hydrogen) atoms. The van der Waals surface area contributed by atoms with E-state index in [1.54, 1.807) is 32.2 Å². The molecule has 2 aliphatic rings. The third-order valence-electron chi connectivity index (χ3n) is 9.92. The van der Waals surface area contributed by atoms with E-state index in [0.29, 0.717) is 22.9 Å². The third-order valence-corrected chi connectivity index (χ3v) is 10.2. The summed E-state index contributed by atoms with van der Waals surface area (Å²) in [5.74, 6) is -0.383. The maximum Gasteiger partial charge on any atom is 0.240 e. The second-order valence-electron chi connectivity index (χ2n) is 14.4. The summed E-state index contributed by atoms with van der Waals surface area (Å²) in [5, 5.41) is 16.2. The minimum absolute atomic E-state index is 0.157. The van der Waals surface area contributed by atoms with E-state index in [0.717, 1.165) is 22.3 Å². The summed E-state index contributed by atoms with van der Waals surface area (Å²) in [6, 6.07) is 30.6. The molecule has 2 aliphatic heterocycles. The van der Waals surface area contributed by atoms with Crippen molar-refractivity contribution < 1.29 is 19.4 Å². The topological polar surface area (TPSA) is 82.1 Å². The number of carbonyl (C=O) groups excluding carboxylic acids is 2. The monoisotopic (exact) mass is 665 g/mol. The van der Waals surface area contributed by atoms with Crippen molar-refractivity contribution in [1.82, 2.24) is 9.80 Å². The lowest BCUT2D eigenvalue weighted by Crippen LogP contribution is -2.53. The van der Waals surface area contributed by atoms with Crippen LogP contribution < -0.4 is 10.1 Å². The van der Waals surface area contributed by atoms with Gasteiger partial charge in [-0.2, -0.15) is 0 Å². The van der Waals surface area contributed by atoms with Gasteiger partial charge in [0.25, 0.3) is 0 Å². The van der Waals surface area contributed by atoms with Crippen molar-refractivity contribution >= 4 is 29.1 Å². The standard InChI is InChI=1S/C40H44ClN3O4/c1-39(2,3)24-32-40(30-21-20-28(41)23-31(30)42-38(40)47)33(27-18-13-19-29(22-27)48-6)35(37(46)43(4)5)44(32)34(25-14-9-7-10-15-25)36(45)26-16-11-8-12-17-26/h7-23,32-36,45H,24H2,1-6H3,(H,42,47)/t32-,33+,34-,35-,36+,40+/m1/s1. The lowest BCUT2D eigenvalue weighted by molar-refractivity contribution is -0.137. The summed E-state index contributed by atoms with van der Waals surface area (Å²) < 4.78 is 5.70. The number of carbonyl (C=O) groups is 2. The second-order valence-corrected chi connectivity index (χ2v) is 14.8. The van der Waals surface area contributed by atoms with Gasteiger partial charge >= 0.3 is 0 Å². The number of fused-ring (bicyclic) bond motifs is 2. The quantitative estimate of drug-likeness (QED) is 0.205. The maximum absolute atomic E-state index is 15.1. The van der Waals surface area contributed by atoms with Crippen molar-refractivity contribution in [2.75, 3.05) is 26.5 Å². The number of methoxy groups -OCH3 is 1. The van der Waals surface area contributed by atoms with Gasteiger partial charge < -0.3 is 20.1 Å². The average Bonchev–Trinajstić information content (AvgIpc) is 3.51. The molecule has 7 nitrogen and oxygen atoms in total. The summed E-state index contributed by atoms with van der Waals surface area (Å²) in [5.41, 5.74) is 2.28. The Bertz CT molecular complexity index is 1790. The van der Waals surface area contributed by atoms with Gasteiger partial charge in [-0.05, 0) is 58.4 Å². The Hall–Kier alpha value is -4.17. The number of likely N-dealkylation sites (N-methyl/N-ethyl adjacent to an activating group) is 1. The molecule has 1 saturated heterocycles. The van der Waals surface area contributed by atoms with E-state index < -0.39 is 35.6 Å². The summed E-state index contributed by atoms with van der Waals surface area (Å²) in [6.45, 7) is 6.46. The summed E-state index contributed by atoms with van der Waals surface area (Å²) in [7, 11) is 5.11. The van der Waals surface area contributed by atoms with Crippen LogP contribution >= 0.6 is 11.6 Å². The molecule has 0 aromatic heterocycles. The molecule has 2 amide bonds. The molecule has 8 heteroatoms. The molecule has 1 fully saturated rings. The highest BCUT2D eigenvalue weighted by Gasteiger charge is 2.70. The first-order chi connectivity index (χ1) is 22.9. The molecule has 0 unspecified atom stereocenters. The van der Waals surface area contributed by atoms with Crippen LogP contribution in [0.2, 0.25) is 5.02 Å². The Balaban J connectivity index is 1.75. The Labute approximate surface area is 288 Å². The SMILES string of the molecule is COc1cccc([C@H]2[C@H](C(=O)N(C)C)N([C@H](c3ccccc3)[C@@H](O)c3ccccc3)[C@H](CC(C)(C)C)[C@]23C(=O)Nc2cc(Cl)ccc23)c1. The predicted octanol–water partition coefficient (Wildman–Crippen LogP) is 7.37. The first-order valence-electron chi connectivity index (χ1n) is 16.4. The van der Waals surface area contributed by atoms with Crippen LogP contribution in [-0.2, 0) is 15.0 Å². The number of amides is 2. The zero-order chi connectivity index (χ0) is 34.4. The molecule has 2 heterocycles. The van der Waals surface area contributed by atoms with Crippen molar-refractivity contribution in [3.8, 4) is 5.75 Å². The molecular weight excluding hydrogens is 622 g/mol. The molecule has 0 radical (unpaired) electrons. The minimum Gasteiger partial charge on any atom is -0.497 e. The number of aliphatic hydroxyl groups excluding tert-OH is 1. The average molecular weight is 666 g/mol. The number of likely N-dealkylation sites (tertiary alicyclic amines) is 1. The number of aliphatic hydroxyl groups is 1. The minimum atomic E-state index is -1.24. The first kappa shape index (κ1) is 33.7. The van der Waals surface area contributed by atoms with Gasteiger partial charge in [0.05, 0.1) is 25.3 Å². The summed E-state index contributed by atoms with van der Waals surface area (Å²) in [6.07, 6.45) is -0.478. The molecule has 4 aromatic carbocycles. The van der Waals surface area contributed by atoms with Crippen molar-refractivity contribution in [3.05, 3.63) is 130 Å². The van der Waals surface area contributed by atoms with Gasteiger partial charge in [0.1, 0.15) is 11.2 Å². The molecule has 6 atom stereocenters. The number of benzene rings is 4. The van der Waals surface area contributed by atoms with Crippen LogP contribution in [0.15, 0.2) is 103 Å². The molecular formula is C40H44ClN3O4. The highest BCUT2D eigenvalue weighted by atomic mass is 35.5. The fraction of sp³-hybridized carbons (Fsp3) is 0.350. The first-order valence-corrected chi connectivity index (χ1v) is 16.8. The number of ether oxygens (including phenoxy) is 1. The smallest absolute Gasteiger partial charge is 0.240 e. The van der Waals surface area contributed by atoms with E-state index in [-0.39, 0.29) is 17.2 Å². The number of halogens is 1. The van der Waals surface area contributed by atoms with Crippen molar-refractivity contribution in [3.63, 3.8) is 0 Å². The lowest BCUT2D eigenvalue weighted by atomic mass is 9.62. The lowest BCUT2D eigenvalue weighted by Gasteiger charge is -2.44. The Morgan fingerprint density at radius 1 is 0.958 bits per heavy atom. The van der Waals surface area contributed by atoms with Gasteiger partial charge in [0, 0.05) is 36.8 Å². The van der Waals surface area contributed by atoms with Gasteiger partial charge in [-0.3, -0.25) is 14.5 Å². The zero-order valence-electron chi connectivity index (χ0n) is 28.4. The molecule has 1 spiro atoms. The largest absolute Gasteiger partial charge is 0.497 e. The molecule has 0 bridgehead atoms. The highest BCUT2D eigenvalue weighted by Crippen LogP contribution is 2.62. The van der Waals surface area contributed by atoms with Gasteiger partial charge in [-0.15, -0.1) is 0 Å². The maximum atomic E-state index is 15.1. The van der Waals surface area contributed by atoms with Gasteiger partial charge in [-0.25, -0.2) is 0 Å². The van der Waals surface area contributed by atoms with Crippen molar-refractivity contribution in [1.29, 1.82) is 0 Å². The van der Waals surface area contributed by atoms with Crippen molar-refractivity contribution in [2.45, 2.75) is 62.8 Å². The van der Waals surface area contributed by atoms with Crippen LogP contribution in [0.4, 0.5) is 5.69 Å². The Morgan fingerprint density at radius 2 is 1.60 bits per heavy atom. The molecule has 4 aromatic rings. The number of nitrogens with one attached hydrogen (secondary N) is 1. The van der Waals surface area contributed by atoms with Crippen LogP contribution in [0.25, 0.3) is 0 Å². The van der Waals surface area contributed by atoms with E-state index in [1.165, 1.54) is 0 Å². The van der Waals surface area contributed by atoms with Crippen LogP contribution in [0.3, 0.4) is 0 Å². The molecule has 0 saturated carbocycles. The van der Waals surface area contributed by atoms with E-state index in [2.05, 4.69) is 31.0 Å². The highest BCUT2D eigenvalue weighted by molar-refractivity contribution is 6.31. The van der Waals surface area contributed by atoms with Crippen LogP contribution in [0.5, 0.6) is 5.75 Å². The fourth-order valence-corrected chi connectivity index (χ4v) is 8.23. The van der Waals surface area contributed by atoms with E-state index in [1.807, 2.05) is 97.1 Å². The number of hydrogen-bond acceptors (Lipinski definition) is 5. The third kappa shape index (κ3) is 5.78. The Morgan fingerprint density at radius 3 is 2.21 bits per heavy atom. The number of nitrogens with zero attached hydrogens (tertiary/aromatic N) is 2. The van der Waals surface area contributed by atoms with E-state index >= 15 is 4.79 Å². The molecule has 250 valence electrons. The van der Waals surface area contributed by atoms with Crippen LogP contribution in [-0.4, -0.2) is 60.0 Å². The predicted molar refractivity (Wildman–Crippen MR) is 190 cm³/mol.